The van der Waals surface area contributed by atoms with E-state index in [2.05, 4.69) is 15.6 Å². The van der Waals surface area contributed by atoms with Gasteiger partial charge < -0.3 is 10.6 Å². The lowest BCUT2D eigenvalue weighted by Gasteiger charge is -2.31. The van der Waals surface area contributed by atoms with Crippen molar-refractivity contribution < 1.29 is 13.2 Å². The first-order valence-corrected chi connectivity index (χ1v) is 10.8. The van der Waals surface area contributed by atoms with Crippen LogP contribution in [-0.4, -0.2) is 43.4 Å². The number of urea groups is 1. The molecule has 0 saturated carbocycles. The van der Waals surface area contributed by atoms with Crippen molar-refractivity contribution >= 4 is 27.4 Å². The molecule has 26 heavy (non-hydrogen) atoms. The van der Waals surface area contributed by atoms with Gasteiger partial charge in [0.2, 0.25) is 10.0 Å². The minimum absolute atomic E-state index is 0.191. The fraction of sp³-hybridized carbons (Fsp3) is 0.412. The molecular weight excluding hydrogens is 372 g/mol. The molecule has 0 aromatic carbocycles. The number of rotatable bonds is 6. The second kappa shape index (κ2) is 8.61. The van der Waals surface area contributed by atoms with Gasteiger partial charge in [-0.25, -0.2) is 13.2 Å². The molecule has 0 unspecified atom stereocenters. The lowest BCUT2D eigenvalue weighted by molar-refractivity contribution is 0.230. The molecular formula is C17H22N4O3S2. The number of hydrogen-bond acceptors (Lipinski definition) is 5. The zero-order valence-corrected chi connectivity index (χ0v) is 15.9. The van der Waals surface area contributed by atoms with Crippen LogP contribution in [0.25, 0.3) is 0 Å². The van der Waals surface area contributed by atoms with Crippen molar-refractivity contribution in [1.29, 1.82) is 0 Å². The van der Waals surface area contributed by atoms with E-state index in [0.717, 1.165) is 17.7 Å². The normalized spacial score (nSPS) is 16.3. The van der Waals surface area contributed by atoms with Gasteiger partial charge in [0, 0.05) is 36.9 Å². The molecule has 0 atom stereocenters. The first-order chi connectivity index (χ1) is 12.6. The fourth-order valence-electron chi connectivity index (χ4n) is 2.88. The van der Waals surface area contributed by atoms with Crippen LogP contribution in [0.3, 0.4) is 0 Å². The molecule has 2 N–H and O–H groups in total. The Morgan fingerprint density at radius 1 is 1.23 bits per heavy atom. The summed E-state index contributed by atoms with van der Waals surface area (Å²) in [5.41, 5.74) is 0. The summed E-state index contributed by atoms with van der Waals surface area (Å²) in [4.78, 5) is 17.1. The second-order valence-corrected chi connectivity index (χ2v) is 9.15. The minimum Gasteiger partial charge on any atom is -0.338 e. The molecule has 0 aliphatic carbocycles. The van der Waals surface area contributed by atoms with Crippen molar-refractivity contribution in [2.75, 3.05) is 19.6 Å². The van der Waals surface area contributed by atoms with Crippen LogP contribution in [0.4, 0.5) is 4.79 Å². The van der Waals surface area contributed by atoms with E-state index in [4.69, 9.17) is 0 Å². The predicted octanol–water partition coefficient (Wildman–Crippen LogP) is 2.04. The number of aromatic nitrogens is 1. The van der Waals surface area contributed by atoms with Gasteiger partial charge in [0.25, 0.3) is 0 Å². The molecule has 0 bridgehead atoms. The van der Waals surface area contributed by atoms with E-state index in [0.29, 0.717) is 26.2 Å². The Hall–Kier alpha value is -1.97. The van der Waals surface area contributed by atoms with Gasteiger partial charge in [-0.05, 0) is 42.3 Å². The van der Waals surface area contributed by atoms with Gasteiger partial charge in [0.15, 0.2) is 0 Å². The third kappa shape index (κ3) is 4.80. The molecule has 3 heterocycles. The third-order valence-corrected chi connectivity index (χ3v) is 7.16. The van der Waals surface area contributed by atoms with Crippen molar-refractivity contribution in [2.24, 2.45) is 5.92 Å². The smallest absolute Gasteiger partial charge is 0.315 e. The van der Waals surface area contributed by atoms with Crippen LogP contribution in [0.2, 0.25) is 0 Å². The van der Waals surface area contributed by atoms with Crippen LogP contribution in [-0.2, 0) is 16.6 Å². The van der Waals surface area contributed by atoms with Crippen molar-refractivity contribution in [2.45, 2.75) is 24.3 Å². The van der Waals surface area contributed by atoms with Gasteiger partial charge >= 0.3 is 6.03 Å². The van der Waals surface area contributed by atoms with Gasteiger partial charge in [-0.15, -0.1) is 11.3 Å². The minimum atomic E-state index is -3.48. The Balaban J connectivity index is 1.42. The first kappa shape index (κ1) is 18.8. The Bertz CT molecular complexity index is 802. The molecule has 2 amide bonds. The second-order valence-electron chi connectivity index (χ2n) is 6.18. The largest absolute Gasteiger partial charge is 0.338 e. The van der Waals surface area contributed by atoms with Gasteiger partial charge in [-0.1, -0.05) is 6.07 Å². The summed E-state index contributed by atoms with van der Waals surface area (Å²) in [5, 5.41) is 7.68. The Kier molecular flexibility index (Phi) is 6.23. The highest BCUT2D eigenvalue weighted by Crippen LogP contribution is 2.22. The summed E-state index contributed by atoms with van der Waals surface area (Å²) >= 11 is 1.60. The number of sulfonamides is 1. The molecule has 2 aromatic rings. The maximum Gasteiger partial charge on any atom is 0.315 e. The summed E-state index contributed by atoms with van der Waals surface area (Å²) in [7, 11) is -3.48. The standard InChI is InChI=1S/C17H22N4O3S2/c22-17(20-12-15-3-2-10-25-15)19-11-14-5-8-21(9-6-14)26(23,24)16-4-1-7-18-13-16/h1-4,7,10,13-14H,5-6,8-9,11-12H2,(H2,19,20,22). The highest BCUT2D eigenvalue weighted by molar-refractivity contribution is 7.89. The number of pyridine rings is 1. The highest BCUT2D eigenvalue weighted by Gasteiger charge is 2.29. The number of carbonyl (C=O) groups excluding carboxylic acids is 1. The van der Waals surface area contributed by atoms with E-state index < -0.39 is 10.0 Å². The molecule has 0 spiro atoms. The summed E-state index contributed by atoms with van der Waals surface area (Å²) in [6, 6.07) is 6.92. The predicted molar refractivity (Wildman–Crippen MR) is 100 cm³/mol. The molecule has 7 nitrogen and oxygen atoms in total. The van der Waals surface area contributed by atoms with Gasteiger partial charge in [-0.3, -0.25) is 4.98 Å². The molecule has 1 aliphatic rings. The average molecular weight is 395 g/mol. The van der Waals surface area contributed by atoms with E-state index in [1.807, 2.05) is 17.5 Å². The van der Waals surface area contributed by atoms with E-state index >= 15 is 0 Å². The van der Waals surface area contributed by atoms with Gasteiger partial charge in [-0.2, -0.15) is 4.31 Å². The molecule has 9 heteroatoms. The van der Waals surface area contributed by atoms with Gasteiger partial charge in [0.05, 0.1) is 6.54 Å². The van der Waals surface area contributed by atoms with Crippen LogP contribution >= 0.6 is 11.3 Å². The van der Waals surface area contributed by atoms with Crippen molar-refractivity contribution in [1.82, 2.24) is 19.9 Å². The first-order valence-electron chi connectivity index (χ1n) is 8.50. The molecule has 140 valence electrons. The number of nitrogens with one attached hydrogen (secondary N) is 2. The van der Waals surface area contributed by atoms with Crippen molar-refractivity contribution in [3.05, 3.63) is 46.9 Å². The number of piperidine rings is 1. The number of hydrogen-bond donors (Lipinski definition) is 2. The van der Waals surface area contributed by atoms with Gasteiger partial charge in [0.1, 0.15) is 4.90 Å². The molecule has 1 saturated heterocycles. The lowest BCUT2D eigenvalue weighted by Crippen LogP contribution is -2.43. The third-order valence-electron chi connectivity index (χ3n) is 4.40. The fourth-order valence-corrected chi connectivity index (χ4v) is 4.96. The van der Waals surface area contributed by atoms with Crippen LogP contribution in [0, 0.1) is 5.92 Å². The molecule has 3 rings (SSSR count). The van der Waals surface area contributed by atoms with Crippen LogP contribution in [0.15, 0.2) is 46.9 Å². The zero-order chi connectivity index (χ0) is 18.4. The summed E-state index contributed by atoms with van der Waals surface area (Å²) in [6.45, 7) is 1.99. The Morgan fingerprint density at radius 2 is 2.04 bits per heavy atom. The van der Waals surface area contributed by atoms with E-state index in [1.54, 1.807) is 29.7 Å². The molecule has 1 aliphatic heterocycles. The van der Waals surface area contributed by atoms with Crippen LogP contribution < -0.4 is 10.6 Å². The molecule has 0 radical (unpaired) electrons. The summed E-state index contributed by atoms with van der Waals surface area (Å²) < 4.78 is 26.6. The van der Waals surface area contributed by atoms with Crippen LogP contribution in [0.5, 0.6) is 0 Å². The van der Waals surface area contributed by atoms with E-state index in [1.165, 1.54) is 10.5 Å². The summed E-state index contributed by atoms with van der Waals surface area (Å²) in [6.07, 6.45) is 4.39. The average Bonchev–Trinajstić information content (AvgIpc) is 3.19. The molecule has 2 aromatic heterocycles. The van der Waals surface area contributed by atoms with Crippen LogP contribution in [0.1, 0.15) is 17.7 Å². The number of carbonyl (C=O) groups is 1. The lowest BCUT2D eigenvalue weighted by atomic mass is 9.98. The SMILES string of the molecule is O=C(NCc1cccs1)NCC1CCN(S(=O)(=O)c2cccnc2)CC1. The highest BCUT2D eigenvalue weighted by atomic mass is 32.2. The zero-order valence-electron chi connectivity index (χ0n) is 14.3. The maximum atomic E-state index is 12.6. The van der Waals surface area contributed by atoms with E-state index in [-0.39, 0.29) is 16.8 Å². The number of amides is 2. The number of thiophene rings is 1. The van der Waals surface area contributed by atoms with Crippen molar-refractivity contribution in [3.8, 4) is 0 Å². The maximum absolute atomic E-state index is 12.6. The van der Waals surface area contributed by atoms with E-state index in [9.17, 15) is 13.2 Å². The number of nitrogens with zero attached hydrogens (tertiary/aromatic N) is 2. The molecule has 1 fully saturated rings. The monoisotopic (exact) mass is 394 g/mol. The quantitative estimate of drug-likeness (QED) is 0.784. The Morgan fingerprint density at radius 3 is 2.69 bits per heavy atom. The Labute approximate surface area is 157 Å². The van der Waals surface area contributed by atoms with Crippen molar-refractivity contribution in [3.63, 3.8) is 0 Å². The summed E-state index contributed by atoms with van der Waals surface area (Å²) in [5.74, 6) is 0.280. The topological polar surface area (TPSA) is 91.4 Å².